The Hall–Kier alpha value is -0.900. The first-order chi connectivity index (χ1) is 9.29. The molecule has 0 saturated heterocycles. The van der Waals surface area contributed by atoms with E-state index in [1.165, 1.54) is 18.4 Å². The van der Waals surface area contributed by atoms with Crippen molar-refractivity contribution in [1.29, 1.82) is 0 Å². The first kappa shape index (κ1) is 14.5. The lowest BCUT2D eigenvalue weighted by Crippen LogP contribution is -2.44. The number of benzene rings is 1. The number of methoxy groups -OCH3 is 1. The van der Waals surface area contributed by atoms with Gasteiger partial charge in [0.15, 0.2) is 0 Å². The first-order valence-corrected chi connectivity index (χ1v) is 7.26. The van der Waals surface area contributed by atoms with Gasteiger partial charge < -0.3 is 10.1 Å². The van der Waals surface area contributed by atoms with Crippen LogP contribution in [0.2, 0.25) is 0 Å². The third-order valence-corrected chi connectivity index (χ3v) is 3.80. The van der Waals surface area contributed by atoms with Crippen molar-refractivity contribution in [2.75, 3.05) is 33.9 Å². The van der Waals surface area contributed by atoms with Gasteiger partial charge in [0, 0.05) is 32.3 Å². The molecule has 0 amide bonds. The molecule has 1 saturated carbocycles. The van der Waals surface area contributed by atoms with E-state index >= 15 is 0 Å². The fraction of sp³-hybridized carbons (Fsp3) is 0.625. The summed E-state index contributed by atoms with van der Waals surface area (Å²) in [6, 6.07) is 11.9. The summed E-state index contributed by atoms with van der Waals surface area (Å²) in [5, 5.41) is 3.60. The summed E-state index contributed by atoms with van der Waals surface area (Å²) in [6.45, 7) is 2.90. The van der Waals surface area contributed by atoms with Crippen LogP contribution < -0.4 is 5.32 Å². The molecule has 1 unspecified atom stereocenters. The van der Waals surface area contributed by atoms with Crippen molar-refractivity contribution < 1.29 is 4.74 Å². The molecule has 1 N–H and O–H groups in total. The van der Waals surface area contributed by atoms with Gasteiger partial charge in [0.1, 0.15) is 0 Å². The van der Waals surface area contributed by atoms with E-state index < -0.39 is 0 Å². The molecule has 106 valence electrons. The molecule has 3 nitrogen and oxygen atoms in total. The van der Waals surface area contributed by atoms with E-state index in [0.29, 0.717) is 6.04 Å². The molecule has 0 radical (unpaired) electrons. The van der Waals surface area contributed by atoms with E-state index in [4.69, 9.17) is 4.74 Å². The van der Waals surface area contributed by atoms with Gasteiger partial charge >= 0.3 is 0 Å². The van der Waals surface area contributed by atoms with E-state index in [-0.39, 0.29) is 0 Å². The molecule has 1 aromatic rings. The standard InChI is InChI=1S/C16H26N2O/c1-18(11-10-14-6-4-3-5-7-14)16(13-19-2)12-17-15-8-9-15/h3-7,15-17H,8-13H2,1-2H3. The van der Waals surface area contributed by atoms with E-state index in [9.17, 15) is 0 Å². The Labute approximate surface area is 116 Å². The highest BCUT2D eigenvalue weighted by molar-refractivity contribution is 5.14. The average Bonchev–Trinajstić information content (AvgIpc) is 3.26. The van der Waals surface area contributed by atoms with Crippen LogP contribution in [-0.4, -0.2) is 50.8 Å². The molecule has 1 atom stereocenters. The molecule has 0 aliphatic heterocycles. The zero-order chi connectivity index (χ0) is 13.5. The Morgan fingerprint density at radius 2 is 2.05 bits per heavy atom. The van der Waals surface area contributed by atoms with Gasteiger partial charge in [0.25, 0.3) is 0 Å². The maximum absolute atomic E-state index is 5.35. The smallest absolute Gasteiger partial charge is 0.0630 e. The summed E-state index contributed by atoms with van der Waals surface area (Å²) < 4.78 is 5.35. The number of hydrogen-bond acceptors (Lipinski definition) is 3. The van der Waals surface area contributed by atoms with Gasteiger partial charge in [-0.25, -0.2) is 0 Å². The third-order valence-electron chi connectivity index (χ3n) is 3.80. The molecular formula is C16H26N2O. The number of hydrogen-bond donors (Lipinski definition) is 1. The third kappa shape index (κ3) is 5.31. The Morgan fingerprint density at radius 1 is 1.32 bits per heavy atom. The Balaban J connectivity index is 1.75. The van der Waals surface area contributed by atoms with Crippen molar-refractivity contribution >= 4 is 0 Å². The van der Waals surface area contributed by atoms with Crippen LogP contribution in [0, 0.1) is 0 Å². The van der Waals surface area contributed by atoms with Crippen molar-refractivity contribution in [3.8, 4) is 0 Å². The number of nitrogens with one attached hydrogen (secondary N) is 1. The largest absolute Gasteiger partial charge is 0.383 e. The maximum Gasteiger partial charge on any atom is 0.0630 e. The van der Waals surface area contributed by atoms with Crippen molar-refractivity contribution in [2.24, 2.45) is 0 Å². The van der Waals surface area contributed by atoms with E-state index in [0.717, 1.165) is 32.2 Å². The van der Waals surface area contributed by atoms with Gasteiger partial charge in [-0.1, -0.05) is 30.3 Å². The SMILES string of the molecule is COCC(CNC1CC1)N(C)CCc1ccccc1. The van der Waals surface area contributed by atoms with Gasteiger partial charge in [-0.3, -0.25) is 4.90 Å². The lowest BCUT2D eigenvalue weighted by atomic mass is 10.1. The summed E-state index contributed by atoms with van der Waals surface area (Å²) in [4.78, 5) is 2.41. The van der Waals surface area contributed by atoms with Crippen LogP contribution >= 0.6 is 0 Å². The minimum Gasteiger partial charge on any atom is -0.383 e. The Bertz CT molecular complexity index is 351. The minimum atomic E-state index is 0.467. The van der Waals surface area contributed by atoms with Gasteiger partial charge in [0.05, 0.1) is 6.61 Å². The van der Waals surface area contributed by atoms with Crippen LogP contribution in [0.4, 0.5) is 0 Å². The highest BCUT2D eigenvalue weighted by Crippen LogP contribution is 2.18. The van der Waals surface area contributed by atoms with Crippen LogP contribution in [0.3, 0.4) is 0 Å². The lowest BCUT2D eigenvalue weighted by molar-refractivity contribution is 0.106. The van der Waals surface area contributed by atoms with Crippen LogP contribution in [0.1, 0.15) is 18.4 Å². The zero-order valence-electron chi connectivity index (χ0n) is 12.1. The molecule has 1 aromatic carbocycles. The molecule has 0 aromatic heterocycles. The second kappa shape index (κ2) is 7.63. The average molecular weight is 262 g/mol. The fourth-order valence-corrected chi connectivity index (χ4v) is 2.26. The van der Waals surface area contributed by atoms with Gasteiger partial charge in [0.2, 0.25) is 0 Å². The molecular weight excluding hydrogens is 236 g/mol. The topological polar surface area (TPSA) is 24.5 Å². The van der Waals surface area contributed by atoms with E-state index in [1.54, 1.807) is 7.11 Å². The Morgan fingerprint density at radius 3 is 2.68 bits per heavy atom. The second-order valence-electron chi connectivity index (χ2n) is 5.51. The van der Waals surface area contributed by atoms with Crippen molar-refractivity contribution in [3.05, 3.63) is 35.9 Å². The van der Waals surface area contributed by atoms with Crippen LogP contribution in [0.5, 0.6) is 0 Å². The number of nitrogens with zero attached hydrogens (tertiary/aromatic N) is 1. The number of rotatable bonds is 9. The molecule has 1 aliphatic rings. The summed E-state index contributed by atoms with van der Waals surface area (Å²) in [7, 11) is 3.98. The number of ether oxygens (including phenoxy) is 1. The molecule has 1 fully saturated rings. The summed E-state index contributed by atoms with van der Waals surface area (Å²) >= 11 is 0. The van der Waals surface area contributed by atoms with Crippen LogP contribution in [-0.2, 0) is 11.2 Å². The fourth-order valence-electron chi connectivity index (χ4n) is 2.26. The highest BCUT2D eigenvalue weighted by atomic mass is 16.5. The molecule has 0 heterocycles. The second-order valence-corrected chi connectivity index (χ2v) is 5.51. The van der Waals surface area contributed by atoms with Crippen molar-refractivity contribution in [2.45, 2.75) is 31.3 Å². The molecule has 0 spiro atoms. The van der Waals surface area contributed by atoms with Crippen molar-refractivity contribution in [1.82, 2.24) is 10.2 Å². The van der Waals surface area contributed by atoms with Gasteiger partial charge in [-0.2, -0.15) is 0 Å². The minimum absolute atomic E-state index is 0.467. The molecule has 1 aliphatic carbocycles. The van der Waals surface area contributed by atoms with E-state index in [1.807, 2.05) is 0 Å². The monoisotopic (exact) mass is 262 g/mol. The van der Waals surface area contributed by atoms with Crippen LogP contribution in [0.25, 0.3) is 0 Å². The first-order valence-electron chi connectivity index (χ1n) is 7.26. The van der Waals surface area contributed by atoms with Gasteiger partial charge in [-0.05, 0) is 31.9 Å². The number of likely N-dealkylation sites (N-methyl/N-ethyl adjacent to an activating group) is 1. The predicted octanol–water partition coefficient (Wildman–Crippen LogP) is 1.93. The normalized spacial score (nSPS) is 16.8. The summed E-state index contributed by atoms with van der Waals surface area (Å²) in [5.74, 6) is 0. The Kier molecular flexibility index (Phi) is 5.83. The van der Waals surface area contributed by atoms with Crippen molar-refractivity contribution in [3.63, 3.8) is 0 Å². The summed E-state index contributed by atoms with van der Waals surface area (Å²) in [5.41, 5.74) is 1.40. The van der Waals surface area contributed by atoms with Crippen LogP contribution in [0.15, 0.2) is 30.3 Å². The zero-order valence-corrected chi connectivity index (χ0v) is 12.1. The molecule has 19 heavy (non-hydrogen) atoms. The summed E-state index contributed by atoms with van der Waals surface area (Å²) in [6.07, 6.45) is 3.78. The lowest BCUT2D eigenvalue weighted by Gasteiger charge is -2.28. The van der Waals surface area contributed by atoms with Gasteiger partial charge in [-0.15, -0.1) is 0 Å². The quantitative estimate of drug-likeness (QED) is 0.736. The highest BCUT2D eigenvalue weighted by Gasteiger charge is 2.23. The molecule has 0 bridgehead atoms. The maximum atomic E-state index is 5.35. The molecule has 3 heteroatoms. The molecule has 2 rings (SSSR count). The van der Waals surface area contributed by atoms with E-state index in [2.05, 4.69) is 47.6 Å². The predicted molar refractivity (Wildman–Crippen MR) is 79.5 cm³/mol.